The lowest BCUT2D eigenvalue weighted by Gasteiger charge is -2.22. The normalized spacial score (nSPS) is 19.4. The quantitative estimate of drug-likeness (QED) is 0.525. The smallest absolute Gasteiger partial charge is 0.321 e. The molecule has 3 amide bonds. The number of hydrogen-bond donors (Lipinski definition) is 2. The zero-order chi connectivity index (χ0) is 21.6. The molecule has 2 N–H and O–H groups in total. The van der Waals surface area contributed by atoms with Gasteiger partial charge in [-0.15, -0.1) is 0 Å². The molecule has 1 saturated heterocycles. The number of amides is 3. The Bertz CT molecular complexity index is 997. The van der Waals surface area contributed by atoms with E-state index in [0.29, 0.717) is 29.2 Å². The highest BCUT2D eigenvalue weighted by Gasteiger charge is 2.21. The molecule has 2 aliphatic rings. The predicted molar refractivity (Wildman–Crippen MR) is 119 cm³/mol. The molecule has 2 aromatic rings. The number of nitrogens with one attached hydrogen (secondary N) is 2. The number of para-hydroxylation sites is 1. The number of rotatable bonds is 6. The zero-order valence-electron chi connectivity index (χ0n) is 17.5. The van der Waals surface area contributed by atoms with Gasteiger partial charge in [0.15, 0.2) is 5.16 Å². The Morgan fingerprint density at radius 2 is 1.94 bits per heavy atom. The molecule has 2 fully saturated rings. The molecule has 1 aliphatic carbocycles. The largest absolute Gasteiger partial charge is 0.376 e. The summed E-state index contributed by atoms with van der Waals surface area (Å²) in [5.41, 5.74) is 0.452. The van der Waals surface area contributed by atoms with Crippen LogP contribution >= 0.6 is 11.8 Å². The Hall–Kier alpha value is -2.39. The maximum atomic E-state index is 13.1. The van der Waals surface area contributed by atoms with Crippen LogP contribution in [0.15, 0.2) is 34.2 Å². The average Bonchev–Trinajstić information content (AvgIpc) is 3.28. The highest BCUT2D eigenvalue weighted by molar-refractivity contribution is 7.99. The molecule has 0 unspecified atom stereocenters. The number of aromatic nitrogens is 2. The lowest BCUT2D eigenvalue weighted by atomic mass is 9.96. The fourth-order valence-corrected chi connectivity index (χ4v) is 4.98. The second-order valence-corrected chi connectivity index (χ2v) is 9.05. The number of nitrogens with zero attached hydrogens (tertiary/aromatic N) is 2. The van der Waals surface area contributed by atoms with Gasteiger partial charge in [0.25, 0.3) is 5.56 Å². The third-order valence-corrected chi connectivity index (χ3v) is 6.74. The van der Waals surface area contributed by atoms with E-state index in [9.17, 15) is 14.4 Å². The summed E-state index contributed by atoms with van der Waals surface area (Å²) >= 11 is 1.16. The molecule has 1 atom stereocenters. The van der Waals surface area contributed by atoms with Crippen LogP contribution in [0.4, 0.5) is 4.79 Å². The van der Waals surface area contributed by atoms with Gasteiger partial charge in [0.2, 0.25) is 5.91 Å². The van der Waals surface area contributed by atoms with Crippen LogP contribution in [0.2, 0.25) is 0 Å². The van der Waals surface area contributed by atoms with Crippen molar-refractivity contribution >= 4 is 34.6 Å². The molecule has 9 heteroatoms. The molecule has 1 aromatic heterocycles. The van der Waals surface area contributed by atoms with Gasteiger partial charge >= 0.3 is 6.03 Å². The third-order valence-electron chi connectivity index (χ3n) is 5.76. The minimum atomic E-state index is -0.458. The van der Waals surface area contributed by atoms with Crippen molar-refractivity contribution in [2.45, 2.75) is 68.8 Å². The van der Waals surface area contributed by atoms with Gasteiger partial charge in [-0.1, -0.05) is 43.2 Å². The molecule has 31 heavy (non-hydrogen) atoms. The van der Waals surface area contributed by atoms with Gasteiger partial charge in [-0.05, 0) is 37.8 Å². The number of thioether (sulfide) groups is 1. The lowest BCUT2D eigenvalue weighted by molar-refractivity contribution is -0.117. The van der Waals surface area contributed by atoms with Crippen LogP contribution in [0, 0.1) is 0 Å². The Morgan fingerprint density at radius 1 is 1.13 bits per heavy atom. The van der Waals surface area contributed by atoms with Gasteiger partial charge in [-0.25, -0.2) is 9.78 Å². The Balaban J connectivity index is 1.43. The molecule has 8 nitrogen and oxygen atoms in total. The van der Waals surface area contributed by atoms with Crippen molar-refractivity contribution in [3.63, 3.8) is 0 Å². The van der Waals surface area contributed by atoms with Crippen molar-refractivity contribution in [2.75, 3.05) is 12.4 Å². The van der Waals surface area contributed by atoms with Gasteiger partial charge in [-0.2, -0.15) is 0 Å². The second-order valence-electron chi connectivity index (χ2n) is 8.11. The molecule has 1 saturated carbocycles. The van der Waals surface area contributed by atoms with E-state index in [2.05, 4.69) is 15.6 Å². The highest BCUT2D eigenvalue weighted by Crippen LogP contribution is 2.21. The van der Waals surface area contributed by atoms with Gasteiger partial charge in [0.05, 0.1) is 29.3 Å². The maximum Gasteiger partial charge on any atom is 0.321 e. The summed E-state index contributed by atoms with van der Waals surface area (Å²) in [6.07, 6.45) is 7.14. The summed E-state index contributed by atoms with van der Waals surface area (Å²) in [6, 6.07) is 6.86. The van der Waals surface area contributed by atoms with E-state index >= 15 is 0 Å². The molecule has 0 radical (unpaired) electrons. The molecule has 166 valence electrons. The minimum absolute atomic E-state index is 0.00556. The number of carbonyl (C=O) groups excluding carboxylic acids is 2. The van der Waals surface area contributed by atoms with E-state index in [1.807, 2.05) is 12.1 Å². The number of carbonyl (C=O) groups is 2. The topological polar surface area (TPSA) is 102 Å². The summed E-state index contributed by atoms with van der Waals surface area (Å²) < 4.78 is 7.30. The van der Waals surface area contributed by atoms with Crippen LogP contribution in [0.3, 0.4) is 0 Å². The number of imide groups is 1. The number of urea groups is 1. The van der Waals surface area contributed by atoms with Crippen molar-refractivity contribution in [1.29, 1.82) is 0 Å². The van der Waals surface area contributed by atoms with Gasteiger partial charge in [-0.3, -0.25) is 19.5 Å². The van der Waals surface area contributed by atoms with Crippen LogP contribution in [0.25, 0.3) is 10.9 Å². The Kier molecular flexibility index (Phi) is 7.24. The number of benzene rings is 1. The standard InChI is InChI=1S/C22H28N4O4S/c27-19(25-21(29)23-15-7-2-1-3-8-15)14-31-22-24-18-11-5-4-10-17(18)20(28)26(22)13-16-9-6-12-30-16/h4-5,10-11,15-16H,1-3,6-9,12-14H2,(H2,23,25,27,29)/t16-/m0/s1. The van der Waals surface area contributed by atoms with Gasteiger partial charge in [0.1, 0.15) is 0 Å². The van der Waals surface area contributed by atoms with E-state index in [-0.39, 0.29) is 23.5 Å². The monoisotopic (exact) mass is 444 g/mol. The average molecular weight is 445 g/mol. The molecule has 0 spiro atoms. The van der Waals surface area contributed by atoms with Crippen LogP contribution in [-0.4, -0.2) is 46.0 Å². The van der Waals surface area contributed by atoms with Crippen molar-refractivity contribution < 1.29 is 14.3 Å². The van der Waals surface area contributed by atoms with Crippen LogP contribution < -0.4 is 16.2 Å². The van der Waals surface area contributed by atoms with E-state index in [1.54, 1.807) is 16.7 Å². The maximum absolute atomic E-state index is 13.1. The molecular formula is C22H28N4O4S. The summed E-state index contributed by atoms with van der Waals surface area (Å²) in [4.78, 5) is 42.1. The number of hydrogen-bond acceptors (Lipinski definition) is 6. The van der Waals surface area contributed by atoms with E-state index in [0.717, 1.165) is 50.3 Å². The number of ether oxygens (including phenoxy) is 1. The summed E-state index contributed by atoms with van der Waals surface area (Å²) in [6.45, 7) is 1.10. The number of fused-ring (bicyclic) bond motifs is 1. The van der Waals surface area contributed by atoms with E-state index < -0.39 is 11.9 Å². The molecule has 1 aromatic carbocycles. The third kappa shape index (κ3) is 5.65. The molecular weight excluding hydrogens is 416 g/mol. The summed E-state index contributed by atoms with van der Waals surface area (Å²) in [5, 5.41) is 6.27. The van der Waals surface area contributed by atoms with Crippen molar-refractivity contribution in [2.24, 2.45) is 0 Å². The van der Waals surface area contributed by atoms with E-state index in [4.69, 9.17) is 4.74 Å². The fourth-order valence-electron chi connectivity index (χ4n) is 4.17. The second kappa shape index (κ2) is 10.3. The van der Waals surface area contributed by atoms with Crippen LogP contribution in [0.1, 0.15) is 44.9 Å². The Labute approximate surface area is 185 Å². The first kappa shape index (κ1) is 21.8. The van der Waals surface area contributed by atoms with Crippen molar-refractivity contribution in [3.05, 3.63) is 34.6 Å². The van der Waals surface area contributed by atoms with Crippen molar-refractivity contribution in [3.8, 4) is 0 Å². The van der Waals surface area contributed by atoms with Gasteiger partial charge < -0.3 is 10.1 Å². The van der Waals surface area contributed by atoms with Crippen LogP contribution in [0.5, 0.6) is 0 Å². The lowest BCUT2D eigenvalue weighted by Crippen LogP contribution is -2.45. The SMILES string of the molecule is O=C(CSc1nc2ccccc2c(=O)n1C[C@@H]1CCCO1)NC(=O)NC1CCCCC1. The molecule has 1 aliphatic heterocycles. The Morgan fingerprint density at radius 3 is 2.71 bits per heavy atom. The first-order valence-electron chi connectivity index (χ1n) is 10.9. The van der Waals surface area contributed by atoms with Gasteiger partial charge in [0, 0.05) is 12.6 Å². The highest BCUT2D eigenvalue weighted by atomic mass is 32.2. The fraction of sp³-hybridized carbons (Fsp3) is 0.545. The first-order valence-corrected chi connectivity index (χ1v) is 11.9. The molecule has 2 heterocycles. The first-order chi connectivity index (χ1) is 15.1. The summed E-state index contributed by atoms with van der Waals surface area (Å²) in [7, 11) is 0. The molecule has 0 bridgehead atoms. The minimum Gasteiger partial charge on any atom is -0.376 e. The van der Waals surface area contributed by atoms with E-state index in [1.165, 1.54) is 6.42 Å². The summed E-state index contributed by atoms with van der Waals surface area (Å²) in [5.74, 6) is -0.418. The van der Waals surface area contributed by atoms with Crippen molar-refractivity contribution in [1.82, 2.24) is 20.2 Å². The predicted octanol–water partition coefficient (Wildman–Crippen LogP) is 2.83. The molecule has 4 rings (SSSR count). The zero-order valence-corrected chi connectivity index (χ0v) is 18.3. The van der Waals surface area contributed by atoms with Crippen LogP contribution in [-0.2, 0) is 16.1 Å².